The fourth-order valence-electron chi connectivity index (χ4n) is 2.92. The van der Waals surface area contributed by atoms with Crippen LogP contribution in [0, 0.1) is 0 Å². The fourth-order valence-corrected chi connectivity index (χ4v) is 2.92. The average Bonchev–Trinajstić information content (AvgIpc) is 2.73. The van der Waals surface area contributed by atoms with Crippen LogP contribution < -0.4 is 10.1 Å². The Hall–Kier alpha value is -2.63. The number of methoxy groups -OCH3 is 1. The number of benzene rings is 2. The first-order valence-corrected chi connectivity index (χ1v) is 9.21. The van der Waals surface area contributed by atoms with Crippen molar-refractivity contribution in [1.82, 2.24) is 10.2 Å². The van der Waals surface area contributed by atoms with Gasteiger partial charge in [0, 0.05) is 32.3 Å². The number of nitrogens with zero attached hydrogens (tertiary/aromatic N) is 1. The van der Waals surface area contributed by atoms with E-state index in [2.05, 4.69) is 34.5 Å². The highest BCUT2D eigenvalue weighted by Crippen LogP contribution is 2.12. The Balaban J connectivity index is 1.44. The van der Waals surface area contributed by atoms with Crippen molar-refractivity contribution in [3.63, 3.8) is 0 Å². The van der Waals surface area contributed by atoms with E-state index in [4.69, 9.17) is 9.47 Å². The lowest BCUT2D eigenvalue weighted by Crippen LogP contribution is -2.35. The summed E-state index contributed by atoms with van der Waals surface area (Å²) in [5.41, 5.74) is 3.33. The molecular weight excluding hydrogens is 340 g/mol. The predicted octanol–water partition coefficient (Wildman–Crippen LogP) is 2.86. The van der Waals surface area contributed by atoms with Gasteiger partial charge < -0.3 is 14.8 Å². The van der Waals surface area contributed by atoms with Crippen LogP contribution in [-0.2, 0) is 22.6 Å². The molecule has 5 heteroatoms. The monoisotopic (exact) mass is 366 g/mol. The largest absolute Gasteiger partial charge is 0.497 e. The Bertz CT molecular complexity index is 748. The summed E-state index contributed by atoms with van der Waals surface area (Å²) in [4.78, 5) is 14.4. The second kappa shape index (κ2) is 9.90. The standard InChI is InChI=1S/C22H26N2O3/c1-26-21-9-6-18(7-10-21)8-11-22(25)23-16-19-2-4-20(5-3-19)17-24-12-14-27-15-13-24/h2-11H,12-17H2,1H3,(H,23,25). The third kappa shape index (κ3) is 6.24. The van der Waals surface area contributed by atoms with Crippen LogP contribution in [0.2, 0.25) is 0 Å². The quantitative estimate of drug-likeness (QED) is 0.766. The number of carbonyl (C=O) groups excluding carboxylic acids is 1. The number of morpholine rings is 1. The van der Waals surface area contributed by atoms with Crippen LogP contribution in [0.15, 0.2) is 54.6 Å². The molecule has 1 aliphatic rings. The molecular formula is C22H26N2O3. The molecule has 0 unspecified atom stereocenters. The van der Waals surface area contributed by atoms with E-state index in [1.165, 1.54) is 5.56 Å². The van der Waals surface area contributed by atoms with Crippen molar-refractivity contribution < 1.29 is 14.3 Å². The summed E-state index contributed by atoms with van der Waals surface area (Å²) in [5.74, 6) is 0.692. The summed E-state index contributed by atoms with van der Waals surface area (Å²) in [7, 11) is 1.63. The number of hydrogen-bond acceptors (Lipinski definition) is 4. The van der Waals surface area contributed by atoms with Gasteiger partial charge in [-0.25, -0.2) is 0 Å². The van der Waals surface area contributed by atoms with E-state index in [0.717, 1.165) is 49.7 Å². The zero-order valence-electron chi connectivity index (χ0n) is 15.7. The van der Waals surface area contributed by atoms with Crippen LogP contribution >= 0.6 is 0 Å². The summed E-state index contributed by atoms with van der Waals surface area (Å²) in [5, 5.41) is 2.92. The number of ether oxygens (including phenoxy) is 2. The molecule has 0 saturated carbocycles. The van der Waals surface area contributed by atoms with E-state index in [1.807, 2.05) is 24.3 Å². The third-order valence-corrected chi connectivity index (χ3v) is 4.54. The predicted molar refractivity (Wildman–Crippen MR) is 106 cm³/mol. The van der Waals surface area contributed by atoms with Gasteiger partial charge in [0.05, 0.1) is 20.3 Å². The molecule has 0 radical (unpaired) electrons. The minimum atomic E-state index is -0.108. The molecule has 142 valence electrons. The van der Waals surface area contributed by atoms with Gasteiger partial charge in [0.2, 0.25) is 5.91 Å². The number of nitrogens with one attached hydrogen (secondary N) is 1. The van der Waals surface area contributed by atoms with E-state index in [1.54, 1.807) is 19.3 Å². The maximum Gasteiger partial charge on any atom is 0.244 e. The van der Waals surface area contributed by atoms with Crippen LogP contribution in [0.25, 0.3) is 6.08 Å². The number of amides is 1. The van der Waals surface area contributed by atoms with Crippen molar-refractivity contribution in [2.45, 2.75) is 13.1 Å². The minimum Gasteiger partial charge on any atom is -0.497 e. The van der Waals surface area contributed by atoms with Crippen LogP contribution in [0.4, 0.5) is 0 Å². The molecule has 27 heavy (non-hydrogen) atoms. The Morgan fingerprint density at radius 2 is 1.74 bits per heavy atom. The minimum absolute atomic E-state index is 0.108. The zero-order valence-corrected chi connectivity index (χ0v) is 15.7. The highest BCUT2D eigenvalue weighted by atomic mass is 16.5. The maximum atomic E-state index is 12.0. The second-order valence-electron chi connectivity index (χ2n) is 6.53. The smallest absolute Gasteiger partial charge is 0.244 e. The van der Waals surface area contributed by atoms with Gasteiger partial charge in [-0.1, -0.05) is 36.4 Å². The highest BCUT2D eigenvalue weighted by Gasteiger charge is 2.10. The lowest BCUT2D eigenvalue weighted by molar-refractivity contribution is -0.116. The molecule has 2 aromatic rings. The van der Waals surface area contributed by atoms with Crippen molar-refractivity contribution in [3.05, 3.63) is 71.3 Å². The van der Waals surface area contributed by atoms with E-state index in [9.17, 15) is 4.79 Å². The number of hydrogen-bond donors (Lipinski definition) is 1. The van der Waals surface area contributed by atoms with Crippen molar-refractivity contribution in [2.24, 2.45) is 0 Å². The molecule has 1 N–H and O–H groups in total. The van der Waals surface area contributed by atoms with Crippen LogP contribution in [0.5, 0.6) is 5.75 Å². The van der Waals surface area contributed by atoms with E-state index < -0.39 is 0 Å². The molecule has 3 rings (SSSR count). The summed E-state index contributed by atoms with van der Waals surface area (Å²) in [6.07, 6.45) is 3.34. The van der Waals surface area contributed by atoms with Gasteiger partial charge in [-0.15, -0.1) is 0 Å². The molecule has 1 amide bonds. The molecule has 0 aromatic heterocycles. The molecule has 0 bridgehead atoms. The van der Waals surface area contributed by atoms with Gasteiger partial charge in [-0.05, 0) is 34.9 Å². The first-order chi connectivity index (χ1) is 13.2. The van der Waals surface area contributed by atoms with Crippen LogP contribution in [-0.4, -0.2) is 44.2 Å². The number of rotatable bonds is 7. The zero-order chi connectivity index (χ0) is 18.9. The maximum absolute atomic E-state index is 12.0. The van der Waals surface area contributed by atoms with Crippen molar-refractivity contribution in [2.75, 3.05) is 33.4 Å². The van der Waals surface area contributed by atoms with Gasteiger partial charge in [0.1, 0.15) is 5.75 Å². The SMILES string of the molecule is COc1ccc(C=CC(=O)NCc2ccc(CN3CCOCC3)cc2)cc1. The normalized spacial score (nSPS) is 15.0. The number of carbonyl (C=O) groups is 1. The first kappa shape index (κ1) is 19.1. The second-order valence-corrected chi connectivity index (χ2v) is 6.53. The van der Waals surface area contributed by atoms with E-state index >= 15 is 0 Å². The van der Waals surface area contributed by atoms with E-state index in [-0.39, 0.29) is 5.91 Å². The summed E-state index contributed by atoms with van der Waals surface area (Å²) in [6.45, 7) is 5.06. The molecule has 1 aliphatic heterocycles. The first-order valence-electron chi connectivity index (χ1n) is 9.21. The van der Waals surface area contributed by atoms with Gasteiger partial charge in [0.25, 0.3) is 0 Å². The van der Waals surface area contributed by atoms with Gasteiger partial charge >= 0.3 is 0 Å². The molecule has 1 saturated heterocycles. The fraction of sp³-hybridized carbons (Fsp3) is 0.318. The summed E-state index contributed by atoms with van der Waals surface area (Å²) in [6, 6.07) is 16.0. The van der Waals surface area contributed by atoms with Gasteiger partial charge in [-0.3, -0.25) is 9.69 Å². The van der Waals surface area contributed by atoms with Gasteiger partial charge in [-0.2, -0.15) is 0 Å². The lowest BCUT2D eigenvalue weighted by Gasteiger charge is -2.26. The van der Waals surface area contributed by atoms with Crippen molar-refractivity contribution >= 4 is 12.0 Å². The van der Waals surface area contributed by atoms with E-state index in [0.29, 0.717) is 6.54 Å². The molecule has 2 aromatic carbocycles. The Kier molecular flexibility index (Phi) is 7.02. The topological polar surface area (TPSA) is 50.8 Å². The van der Waals surface area contributed by atoms with Gasteiger partial charge in [0.15, 0.2) is 0 Å². The molecule has 1 heterocycles. The van der Waals surface area contributed by atoms with Crippen molar-refractivity contribution in [3.8, 4) is 5.75 Å². The molecule has 0 aliphatic carbocycles. The Labute approximate surface area is 160 Å². The van der Waals surface area contributed by atoms with Crippen molar-refractivity contribution in [1.29, 1.82) is 0 Å². The molecule has 0 atom stereocenters. The Morgan fingerprint density at radius 1 is 1.07 bits per heavy atom. The molecule has 5 nitrogen and oxygen atoms in total. The molecule has 1 fully saturated rings. The highest BCUT2D eigenvalue weighted by molar-refractivity contribution is 5.91. The average molecular weight is 366 g/mol. The summed E-state index contributed by atoms with van der Waals surface area (Å²) >= 11 is 0. The Morgan fingerprint density at radius 3 is 2.41 bits per heavy atom. The van der Waals surface area contributed by atoms with Crippen LogP contribution in [0.3, 0.4) is 0 Å². The lowest BCUT2D eigenvalue weighted by atomic mass is 10.1. The van der Waals surface area contributed by atoms with Crippen LogP contribution in [0.1, 0.15) is 16.7 Å². The third-order valence-electron chi connectivity index (χ3n) is 4.54. The summed E-state index contributed by atoms with van der Waals surface area (Å²) < 4.78 is 10.5. The molecule has 0 spiro atoms.